The van der Waals surface area contributed by atoms with Gasteiger partial charge in [0, 0.05) is 36.9 Å². The molecule has 2 aliphatic rings. The number of hydrazone groups is 1. The van der Waals surface area contributed by atoms with Crippen molar-refractivity contribution in [1.82, 2.24) is 5.43 Å². The lowest BCUT2D eigenvalue weighted by atomic mass is 9.76. The Balaban J connectivity index is 1.54. The second-order valence-corrected chi connectivity index (χ2v) is 8.80. The van der Waals surface area contributed by atoms with Crippen molar-refractivity contribution in [2.24, 2.45) is 21.2 Å². The highest BCUT2D eigenvalue weighted by Gasteiger charge is 2.35. The van der Waals surface area contributed by atoms with Gasteiger partial charge in [0.15, 0.2) is 0 Å². The predicted octanol–water partition coefficient (Wildman–Crippen LogP) is 4.24. The molecule has 0 fully saturated rings. The lowest BCUT2D eigenvalue weighted by molar-refractivity contribution is -0.119. The fraction of sp³-hybridized carbons (Fsp3) is 0.333. The van der Waals surface area contributed by atoms with E-state index in [1.807, 2.05) is 19.2 Å². The minimum atomic E-state index is -0.277. The molecule has 0 radical (unpaired) electrons. The first-order valence-electron chi connectivity index (χ1n) is 10.3. The zero-order valence-corrected chi connectivity index (χ0v) is 18.2. The molecule has 6 nitrogen and oxygen atoms in total. The number of carbonyl (C=O) groups is 1. The van der Waals surface area contributed by atoms with Gasteiger partial charge in [-0.15, -0.1) is 5.10 Å². The van der Waals surface area contributed by atoms with Crippen LogP contribution < -0.4 is 10.3 Å². The Labute approximate surface area is 181 Å². The van der Waals surface area contributed by atoms with Gasteiger partial charge < -0.3 is 4.90 Å². The van der Waals surface area contributed by atoms with Crippen LogP contribution >= 0.6 is 0 Å². The minimum absolute atomic E-state index is 0.134. The Kier molecular flexibility index (Phi) is 5.43. The SMILES string of the molecule is CC1CC(NN=Cc2ccc(F)cc2)=NN=C1c1ccc2c(c1)C(C)(C)CC(=O)N2C. The maximum atomic E-state index is 13.0. The Bertz CT molecular complexity index is 1100. The lowest BCUT2D eigenvalue weighted by Gasteiger charge is -2.37. The number of amides is 1. The van der Waals surface area contributed by atoms with Gasteiger partial charge in [0.25, 0.3) is 0 Å². The fourth-order valence-corrected chi connectivity index (χ4v) is 4.04. The van der Waals surface area contributed by atoms with Crippen LogP contribution in [0.1, 0.15) is 50.3 Å². The highest BCUT2D eigenvalue weighted by atomic mass is 19.1. The fourth-order valence-electron chi connectivity index (χ4n) is 4.04. The van der Waals surface area contributed by atoms with E-state index in [-0.39, 0.29) is 23.1 Å². The normalized spacial score (nSPS) is 20.4. The van der Waals surface area contributed by atoms with Gasteiger partial charge in [-0.25, -0.2) is 4.39 Å². The van der Waals surface area contributed by atoms with Crippen molar-refractivity contribution in [2.75, 3.05) is 11.9 Å². The van der Waals surface area contributed by atoms with Crippen molar-refractivity contribution in [3.63, 3.8) is 0 Å². The average Bonchev–Trinajstić information content (AvgIpc) is 2.73. The van der Waals surface area contributed by atoms with E-state index in [2.05, 4.69) is 47.6 Å². The topological polar surface area (TPSA) is 69.4 Å². The van der Waals surface area contributed by atoms with Gasteiger partial charge >= 0.3 is 0 Å². The maximum absolute atomic E-state index is 13.0. The summed E-state index contributed by atoms with van der Waals surface area (Å²) in [5.74, 6) is 0.694. The van der Waals surface area contributed by atoms with Gasteiger partial charge in [-0.3, -0.25) is 10.2 Å². The Morgan fingerprint density at radius 2 is 1.94 bits per heavy atom. The first-order chi connectivity index (χ1) is 14.7. The van der Waals surface area contributed by atoms with E-state index in [0.717, 1.165) is 28.1 Å². The Morgan fingerprint density at radius 3 is 2.65 bits per heavy atom. The molecule has 0 saturated carbocycles. The van der Waals surface area contributed by atoms with E-state index < -0.39 is 0 Å². The number of hydrogen-bond donors (Lipinski definition) is 1. The molecule has 2 heterocycles. The molecule has 0 bridgehead atoms. The van der Waals surface area contributed by atoms with E-state index in [1.165, 1.54) is 12.1 Å². The summed E-state index contributed by atoms with van der Waals surface area (Å²) in [6.07, 6.45) is 2.79. The Morgan fingerprint density at radius 1 is 1.19 bits per heavy atom. The molecule has 1 unspecified atom stereocenters. The highest BCUT2D eigenvalue weighted by Crippen LogP contribution is 2.40. The van der Waals surface area contributed by atoms with E-state index in [9.17, 15) is 9.18 Å². The summed E-state index contributed by atoms with van der Waals surface area (Å²) < 4.78 is 13.0. The van der Waals surface area contributed by atoms with Crippen molar-refractivity contribution >= 4 is 29.4 Å². The molecule has 160 valence electrons. The molecule has 0 aromatic heterocycles. The van der Waals surface area contributed by atoms with Crippen molar-refractivity contribution in [3.05, 3.63) is 65.0 Å². The summed E-state index contributed by atoms with van der Waals surface area (Å²) in [7, 11) is 1.82. The molecule has 0 saturated heterocycles. The minimum Gasteiger partial charge on any atom is -0.315 e. The van der Waals surface area contributed by atoms with Crippen LogP contribution in [-0.2, 0) is 10.2 Å². The number of halogens is 1. The molecule has 31 heavy (non-hydrogen) atoms. The molecule has 1 amide bonds. The summed E-state index contributed by atoms with van der Waals surface area (Å²) in [5.41, 5.74) is 7.56. The standard InChI is InChI=1S/C24H26FN5O/c1-15-11-21(27-26-14-16-5-8-18(25)9-6-16)28-29-23(15)17-7-10-20-19(12-17)24(2,3)13-22(31)30(20)4/h5-10,12,14-15H,11,13H2,1-4H3,(H,27,28). The molecular weight excluding hydrogens is 393 g/mol. The zero-order chi connectivity index (χ0) is 22.2. The van der Waals surface area contributed by atoms with Crippen molar-refractivity contribution in [1.29, 1.82) is 0 Å². The summed E-state index contributed by atoms with van der Waals surface area (Å²) in [4.78, 5) is 14.0. The summed E-state index contributed by atoms with van der Waals surface area (Å²) in [6, 6.07) is 12.3. The van der Waals surface area contributed by atoms with Crippen LogP contribution in [0.3, 0.4) is 0 Å². The van der Waals surface area contributed by atoms with Gasteiger partial charge in [-0.1, -0.05) is 39.0 Å². The van der Waals surface area contributed by atoms with E-state index in [4.69, 9.17) is 0 Å². The van der Waals surface area contributed by atoms with Crippen LogP contribution in [0.15, 0.2) is 57.8 Å². The van der Waals surface area contributed by atoms with Crippen LogP contribution in [0.4, 0.5) is 10.1 Å². The molecule has 2 aromatic carbocycles. The van der Waals surface area contributed by atoms with Crippen molar-refractivity contribution < 1.29 is 9.18 Å². The second-order valence-electron chi connectivity index (χ2n) is 8.80. The van der Waals surface area contributed by atoms with Gasteiger partial charge in [0.1, 0.15) is 11.7 Å². The Hall–Kier alpha value is -3.35. The first kappa shape index (κ1) is 20.9. The van der Waals surface area contributed by atoms with Crippen LogP contribution in [0.2, 0.25) is 0 Å². The first-order valence-corrected chi connectivity index (χ1v) is 10.3. The number of nitrogens with zero attached hydrogens (tertiary/aromatic N) is 4. The molecule has 0 aliphatic carbocycles. The summed E-state index contributed by atoms with van der Waals surface area (Å²) in [5, 5.41) is 13.0. The molecule has 2 aromatic rings. The average molecular weight is 420 g/mol. The number of carbonyl (C=O) groups excluding carboxylic acids is 1. The van der Waals surface area contributed by atoms with Gasteiger partial charge in [-0.05, 0) is 41.0 Å². The van der Waals surface area contributed by atoms with Crippen LogP contribution in [-0.4, -0.2) is 30.7 Å². The number of rotatable bonds is 3. The number of hydrogen-bond acceptors (Lipinski definition) is 5. The third-order valence-corrected chi connectivity index (χ3v) is 5.87. The van der Waals surface area contributed by atoms with E-state index in [1.54, 1.807) is 23.2 Å². The molecule has 2 aliphatic heterocycles. The third kappa shape index (κ3) is 4.26. The highest BCUT2D eigenvalue weighted by molar-refractivity contribution is 6.07. The molecular formula is C24H26FN5O. The summed E-state index contributed by atoms with van der Waals surface area (Å²) in [6.45, 7) is 6.32. The molecule has 1 atom stereocenters. The predicted molar refractivity (Wildman–Crippen MR) is 122 cm³/mol. The second kappa shape index (κ2) is 8.06. The number of nitrogens with one attached hydrogen (secondary N) is 1. The van der Waals surface area contributed by atoms with Gasteiger partial charge in [0.2, 0.25) is 5.91 Å². The van der Waals surface area contributed by atoms with Crippen LogP contribution in [0.5, 0.6) is 0 Å². The summed E-state index contributed by atoms with van der Waals surface area (Å²) >= 11 is 0. The number of amidine groups is 1. The van der Waals surface area contributed by atoms with Crippen LogP contribution in [0.25, 0.3) is 0 Å². The number of fused-ring (bicyclic) bond motifs is 1. The third-order valence-electron chi connectivity index (χ3n) is 5.87. The van der Waals surface area contributed by atoms with E-state index in [0.29, 0.717) is 18.7 Å². The van der Waals surface area contributed by atoms with Crippen molar-refractivity contribution in [3.8, 4) is 0 Å². The maximum Gasteiger partial charge on any atom is 0.227 e. The smallest absolute Gasteiger partial charge is 0.227 e. The van der Waals surface area contributed by atoms with Crippen molar-refractivity contribution in [2.45, 2.75) is 39.0 Å². The molecule has 4 rings (SSSR count). The molecule has 7 heteroatoms. The van der Waals surface area contributed by atoms with E-state index >= 15 is 0 Å². The quantitative estimate of drug-likeness (QED) is 0.597. The van der Waals surface area contributed by atoms with Crippen LogP contribution in [0, 0.1) is 11.7 Å². The largest absolute Gasteiger partial charge is 0.315 e. The van der Waals surface area contributed by atoms with Gasteiger partial charge in [-0.2, -0.15) is 10.2 Å². The number of anilines is 1. The van der Waals surface area contributed by atoms with Gasteiger partial charge in [0.05, 0.1) is 11.9 Å². The lowest BCUT2D eigenvalue weighted by Crippen LogP contribution is -2.39. The number of benzene rings is 2. The monoisotopic (exact) mass is 419 g/mol. The molecule has 1 N–H and O–H groups in total. The zero-order valence-electron chi connectivity index (χ0n) is 18.2. The molecule has 0 spiro atoms.